The molecule has 0 amide bonds. The van der Waals surface area contributed by atoms with Crippen LogP contribution in [0.3, 0.4) is 0 Å². The molecule has 5 N–H and O–H groups in total. The molecular formula is C18H38ClNO4. The highest BCUT2D eigenvalue weighted by Gasteiger charge is 2.46. The third kappa shape index (κ3) is 7.54. The average Bonchev–Trinajstić information content (AvgIpc) is 2.56. The van der Waals surface area contributed by atoms with E-state index in [-0.39, 0.29) is 25.6 Å². The van der Waals surface area contributed by atoms with Crippen LogP contribution in [0.1, 0.15) is 77.6 Å². The van der Waals surface area contributed by atoms with Gasteiger partial charge in [-0.15, -0.1) is 12.4 Å². The molecule has 0 aromatic carbocycles. The second-order valence-corrected chi connectivity index (χ2v) is 7.13. The minimum absolute atomic E-state index is 0. The number of halogens is 1. The summed E-state index contributed by atoms with van der Waals surface area (Å²) < 4.78 is 0. The molecule has 0 aromatic heterocycles. The molecule has 4 atom stereocenters. The molecular weight excluding hydrogens is 330 g/mol. The molecule has 0 spiro atoms. The predicted molar refractivity (Wildman–Crippen MR) is 99.5 cm³/mol. The first kappa shape index (κ1) is 24.1. The molecule has 0 saturated carbocycles. The zero-order valence-electron chi connectivity index (χ0n) is 15.1. The fraction of sp³-hybridized carbons (Fsp3) is 1.00. The molecule has 1 aliphatic heterocycles. The number of piperidine rings is 1. The van der Waals surface area contributed by atoms with Crippen LogP contribution in [-0.4, -0.2) is 57.4 Å². The third-order valence-electron chi connectivity index (χ3n) is 5.21. The maximum Gasteiger partial charge on any atom is 0.109 e. The zero-order valence-corrected chi connectivity index (χ0v) is 15.9. The van der Waals surface area contributed by atoms with Crippen LogP contribution < -0.4 is 5.32 Å². The van der Waals surface area contributed by atoms with E-state index in [0.717, 1.165) is 12.8 Å². The highest BCUT2D eigenvalue weighted by Crippen LogP contribution is 2.26. The van der Waals surface area contributed by atoms with Crippen molar-refractivity contribution >= 4 is 12.4 Å². The summed E-state index contributed by atoms with van der Waals surface area (Å²) in [4.78, 5) is 0. The van der Waals surface area contributed by atoms with Gasteiger partial charge in [0.25, 0.3) is 0 Å². The van der Waals surface area contributed by atoms with E-state index in [0.29, 0.717) is 6.42 Å². The van der Waals surface area contributed by atoms with Crippen LogP contribution in [0, 0.1) is 0 Å². The van der Waals surface area contributed by atoms with Gasteiger partial charge in [0, 0.05) is 6.54 Å². The minimum Gasteiger partial charge on any atom is -0.394 e. The SMILES string of the molecule is CCCCCCCCCCCC[C@@]1(CO)NC[C@H](O)[C@@H](O)[C@@H]1O.Cl. The van der Waals surface area contributed by atoms with E-state index in [1.165, 1.54) is 51.4 Å². The summed E-state index contributed by atoms with van der Waals surface area (Å²) in [5.74, 6) is 0. The van der Waals surface area contributed by atoms with Gasteiger partial charge in [0.1, 0.15) is 12.2 Å². The minimum atomic E-state index is -1.19. The lowest BCUT2D eigenvalue weighted by Gasteiger charge is -2.45. The molecule has 1 rings (SSSR count). The zero-order chi connectivity index (χ0) is 17.1. The van der Waals surface area contributed by atoms with Crippen LogP contribution in [0.4, 0.5) is 0 Å². The fourth-order valence-electron chi connectivity index (χ4n) is 3.46. The summed E-state index contributed by atoms with van der Waals surface area (Å²) >= 11 is 0. The first-order valence-corrected chi connectivity index (χ1v) is 9.47. The highest BCUT2D eigenvalue weighted by atomic mass is 35.5. The van der Waals surface area contributed by atoms with Crippen LogP contribution >= 0.6 is 12.4 Å². The molecule has 0 aromatic rings. The second-order valence-electron chi connectivity index (χ2n) is 7.13. The molecule has 1 fully saturated rings. The van der Waals surface area contributed by atoms with Gasteiger partial charge >= 0.3 is 0 Å². The highest BCUT2D eigenvalue weighted by molar-refractivity contribution is 5.85. The number of aliphatic hydroxyl groups excluding tert-OH is 4. The Morgan fingerprint density at radius 2 is 1.38 bits per heavy atom. The number of β-amino-alcohol motifs (C(OH)–C–C–N with tert-alkyl or cyclic N) is 1. The van der Waals surface area contributed by atoms with Crippen molar-refractivity contribution in [1.29, 1.82) is 0 Å². The normalized spacial score (nSPS) is 30.1. The number of hydrogen-bond donors (Lipinski definition) is 5. The van der Waals surface area contributed by atoms with Crippen LogP contribution in [0.25, 0.3) is 0 Å². The number of rotatable bonds is 12. The van der Waals surface area contributed by atoms with E-state index in [2.05, 4.69) is 12.2 Å². The summed E-state index contributed by atoms with van der Waals surface area (Å²) in [6.07, 6.45) is 9.68. The lowest BCUT2D eigenvalue weighted by molar-refractivity contribution is -0.135. The molecule has 0 bridgehead atoms. The fourth-order valence-corrected chi connectivity index (χ4v) is 3.46. The van der Waals surface area contributed by atoms with Gasteiger partial charge in [0.05, 0.1) is 18.2 Å². The van der Waals surface area contributed by atoms with Gasteiger partial charge in [-0.05, 0) is 6.42 Å². The maximum atomic E-state index is 10.2. The summed E-state index contributed by atoms with van der Waals surface area (Å²) in [5.41, 5.74) is -0.876. The quantitative estimate of drug-likeness (QED) is 0.341. The molecule has 0 aliphatic carbocycles. The molecule has 0 radical (unpaired) electrons. The van der Waals surface area contributed by atoms with Gasteiger partial charge in [-0.3, -0.25) is 0 Å². The van der Waals surface area contributed by atoms with Crippen molar-refractivity contribution in [3.63, 3.8) is 0 Å². The summed E-state index contributed by atoms with van der Waals surface area (Å²) in [6, 6.07) is 0. The molecule has 1 saturated heterocycles. The van der Waals surface area contributed by atoms with Crippen molar-refractivity contribution in [2.45, 2.75) is 101 Å². The number of nitrogens with one attached hydrogen (secondary N) is 1. The maximum absolute atomic E-state index is 10.2. The van der Waals surface area contributed by atoms with Gasteiger partial charge in [0.15, 0.2) is 0 Å². The average molecular weight is 368 g/mol. The Morgan fingerprint density at radius 1 is 0.875 bits per heavy atom. The largest absolute Gasteiger partial charge is 0.394 e. The van der Waals surface area contributed by atoms with Gasteiger partial charge in [-0.2, -0.15) is 0 Å². The number of aliphatic hydroxyl groups is 4. The van der Waals surface area contributed by atoms with Crippen LogP contribution in [0.2, 0.25) is 0 Å². The Labute approximate surface area is 153 Å². The topological polar surface area (TPSA) is 93.0 Å². The van der Waals surface area contributed by atoms with E-state index < -0.39 is 23.9 Å². The standard InChI is InChI=1S/C18H37NO4.ClH/c1-2-3-4-5-6-7-8-9-10-11-12-18(14-20)17(23)16(22)15(21)13-19-18;/h15-17,19-23H,2-14H2,1H3;1H/t15-,16+,17-,18-;/m0./s1. The lowest BCUT2D eigenvalue weighted by Crippen LogP contribution is -2.69. The van der Waals surface area contributed by atoms with Gasteiger partial charge in [-0.1, -0.05) is 71.1 Å². The smallest absolute Gasteiger partial charge is 0.109 e. The van der Waals surface area contributed by atoms with E-state index >= 15 is 0 Å². The molecule has 5 nitrogen and oxygen atoms in total. The molecule has 24 heavy (non-hydrogen) atoms. The van der Waals surface area contributed by atoms with Crippen molar-refractivity contribution in [3.8, 4) is 0 Å². The predicted octanol–water partition coefficient (Wildman–Crippen LogP) is 2.14. The molecule has 6 heteroatoms. The Balaban J connectivity index is 0.00000529. The summed E-state index contributed by atoms with van der Waals surface area (Å²) in [7, 11) is 0. The monoisotopic (exact) mass is 367 g/mol. The van der Waals surface area contributed by atoms with Gasteiger partial charge in [0.2, 0.25) is 0 Å². The molecule has 1 heterocycles. The summed E-state index contributed by atoms with van der Waals surface area (Å²) in [6.45, 7) is 2.21. The van der Waals surface area contributed by atoms with Crippen molar-refractivity contribution in [2.24, 2.45) is 0 Å². The Hall–Kier alpha value is 0.0900. The second kappa shape index (κ2) is 13.3. The Bertz CT molecular complexity index is 309. The van der Waals surface area contributed by atoms with Crippen molar-refractivity contribution in [2.75, 3.05) is 13.2 Å². The Morgan fingerprint density at radius 3 is 1.88 bits per heavy atom. The van der Waals surface area contributed by atoms with E-state index in [1.54, 1.807) is 0 Å². The first-order valence-electron chi connectivity index (χ1n) is 9.47. The number of hydrogen-bond acceptors (Lipinski definition) is 5. The van der Waals surface area contributed by atoms with Crippen LogP contribution in [-0.2, 0) is 0 Å². The molecule has 0 unspecified atom stereocenters. The van der Waals surface area contributed by atoms with E-state index in [4.69, 9.17) is 0 Å². The van der Waals surface area contributed by atoms with Crippen molar-refractivity contribution < 1.29 is 20.4 Å². The van der Waals surface area contributed by atoms with E-state index in [1.807, 2.05) is 0 Å². The Kier molecular flexibility index (Phi) is 13.4. The van der Waals surface area contributed by atoms with Gasteiger partial charge in [-0.25, -0.2) is 0 Å². The lowest BCUT2D eigenvalue weighted by atomic mass is 9.79. The van der Waals surface area contributed by atoms with Crippen molar-refractivity contribution in [3.05, 3.63) is 0 Å². The summed E-state index contributed by atoms with van der Waals surface area (Å²) in [5, 5.41) is 42.2. The van der Waals surface area contributed by atoms with Crippen molar-refractivity contribution in [1.82, 2.24) is 5.32 Å². The molecule has 146 valence electrons. The van der Waals surface area contributed by atoms with E-state index in [9.17, 15) is 20.4 Å². The van der Waals surface area contributed by atoms with Gasteiger partial charge < -0.3 is 25.7 Å². The third-order valence-corrected chi connectivity index (χ3v) is 5.21. The molecule has 1 aliphatic rings. The van der Waals surface area contributed by atoms with Crippen LogP contribution in [0.15, 0.2) is 0 Å². The number of unbranched alkanes of at least 4 members (excludes halogenated alkanes) is 9. The first-order chi connectivity index (χ1) is 11.1. The van der Waals surface area contributed by atoms with Crippen LogP contribution in [0.5, 0.6) is 0 Å².